The van der Waals surface area contributed by atoms with Crippen LogP contribution in [0.3, 0.4) is 0 Å². The first-order valence-electron chi connectivity index (χ1n) is 6.94. The zero-order valence-corrected chi connectivity index (χ0v) is 11.9. The lowest BCUT2D eigenvalue weighted by atomic mass is 9.94. The van der Waals surface area contributed by atoms with Gasteiger partial charge in [0.05, 0.1) is 0 Å². The van der Waals surface area contributed by atoms with Gasteiger partial charge >= 0.3 is 0 Å². The van der Waals surface area contributed by atoms with Crippen LogP contribution < -0.4 is 16.0 Å². The van der Waals surface area contributed by atoms with Crippen LogP contribution in [0.5, 0.6) is 0 Å². The van der Waals surface area contributed by atoms with Gasteiger partial charge in [-0.1, -0.05) is 24.3 Å². The van der Waals surface area contributed by atoms with E-state index in [9.17, 15) is 9.59 Å². The number of fused-ring (bicyclic) bond motifs is 1. The molecule has 5 nitrogen and oxygen atoms in total. The summed E-state index contributed by atoms with van der Waals surface area (Å²) >= 11 is 0. The van der Waals surface area contributed by atoms with Gasteiger partial charge in [-0.2, -0.15) is 0 Å². The first-order valence-corrected chi connectivity index (χ1v) is 6.94. The monoisotopic (exact) mass is 275 g/mol. The zero-order chi connectivity index (χ0) is 14.5. The van der Waals surface area contributed by atoms with E-state index < -0.39 is 6.04 Å². The first-order chi connectivity index (χ1) is 9.58. The second kappa shape index (κ2) is 6.52. The van der Waals surface area contributed by atoms with Crippen molar-refractivity contribution in [1.82, 2.24) is 16.0 Å². The molecule has 1 aromatic rings. The van der Waals surface area contributed by atoms with Gasteiger partial charge < -0.3 is 16.0 Å². The number of benzene rings is 1. The van der Waals surface area contributed by atoms with Gasteiger partial charge in [0.25, 0.3) is 0 Å². The fourth-order valence-electron chi connectivity index (χ4n) is 2.50. The smallest absolute Gasteiger partial charge is 0.242 e. The minimum atomic E-state index is -0.508. The highest BCUT2D eigenvalue weighted by molar-refractivity contribution is 5.86. The third kappa shape index (κ3) is 3.57. The van der Waals surface area contributed by atoms with Crippen LogP contribution in [0.15, 0.2) is 24.3 Å². The van der Waals surface area contributed by atoms with E-state index in [1.807, 2.05) is 12.1 Å². The van der Waals surface area contributed by atoms with E-state index in [1.54, 1.807) is 6.92 Å². The quantitative estimate of drug-likeness (QED) is 0.750. The van der Waals surface area contributed by atoms with Crippen LogP contribution in [-0.2, 0) is 16.0 Å². The summed E-state index contributed by atoms with van der Waals surface area (Å²) in [5.74, 6) is -0.362. The predicted octanol–water partition coefficient (Wildman–Crippen LogP) is 0.514. The van der Waals surface area contributed by atoms with E-state index in [2.05, 4.69) is 28.1 Å². The van der Waals surface area contributed by atoms with Crippen molar-refractivity contribution in [1.29, 1.82) is 0 Å². The van der Waals surface area contributed by atoms with Crippen LogP contribution >= 0.6 is 0 Å². The van der Waals surface area contributed by atoms with Crippen LogP contribution in [0, 0.1) is 0 Å². The van der Waals surface area contributed by atoms with Gasteiger partial charge in [-0.05, 0) is 31.0 Å². The van der Waals surface area contributed by atoms with Crippen LogP contribution in [0.4, 0.5) is 0 Å². The highest BCUT2D eigenvalue weighted by atomic mass is 16.2. The molecule has 20 heavy (non-hydrogen) atoms. The van der Waals surface area contributed by atoms with Crippen molar-refractivity contribution in [3.05, 3.63) is 35.4 Å². The molecule has 2 atom stereocenters. The molecule has 1 aromatic carbocycles. The van der Waals surface area contributed by atoms with E-state index in [0.29, 0.717) is 6.54 Å². The molecule has 5 heteroatoms. The van der Waals surface area contributed by atoms with E-state index in [4.69, 9.17) is 0 Å². The molecule has 0 spiro atoms. The molecular formula is C15H21N3O2. The van der Waals surface area contributed by atoms with Crippen LogP contribution in [0.2, 0.25) is 0 Å². The normalized spacial score (nSPS) is 18.8. The first kappa shape index (κ1) is 14.5. The minimum Gasteiger partial charge on any atom is -0.352 e. The van der Waals surface area contributed by atoms with Crippen molar-refractivity contribution in [3.63, 3.8) is 0 Å². The molecule has 0 aromatic heterocycles. The molecule has 2 unspecified atom stereocenters. The Bertz CT molecular complexity index is 502. The Morgan fingerprint density at radius 1 is 1.40 bits per heavy atom. The van der Waals surface area contributed by atoms with Gasteiger partial charge in [0.15, 0.2) is 0 Å². The van der Waals surface area contributed by atoms with Gasteiger partial charge in [-0.25, -0.2) is 0 Å². The molecule has 1 aliphatic rings. The molecule has 2 rings (SSSR count). The Morgan fingerprint density at radius 3 is 2.90 bits per heavy atom. The maximum Gasteiger partial charge on any atom is 0.242 e. The third-order valence-electron chi connectivity index (χ3n) is 3.51. The molecule has 0 radical (unpaired) electrons. The highest BCUT2D eigenvalue weighted by Gasteiger charge is 2.21. The van der Waals surface area contributed by atoms with Crippen LogP contribution in [0.25, 0.3) is 0 Å². The summed E-state index contributed by atoms with van der Waals surface area (Å²) in [5, 5.41) is 8.87. The van der Waals surface area contributed by atoms with Crippen molar-refractivity contribution in [2.24, 2.45) is 0 Å². The molecule has 0 bridgehead atoms. The molecule has 0 fully saturated rings. The van der Waals surface area contributed by atoms with Gasteiger partial charge in [0.2, 0.25) is 11.8 Å². The van der Waals surface area contributed by atoms with Crippen molar-refractivity contribution in [3.8, 4) is 0 Å². The molecule has 2 amide bonds. The van der Waals surface area contributed by atoms with Crippen molar-refractivity contribution in [2.75, 3.05) is 13.1 Å². The molecule has 0 aliphatic carbocycles. The Hall–Kier alpha value is -1.88. The molecular weight excluding hydrogens is 254 g/mol. The third-order valence-corrected chi connectivity index (χ3v) is 3.51. The molecule has 0 saturated carbocycles. The summed E-state index contributed by atoms with van der Waals surface area (Å²) < 4.78 is 0. The lowest BCUT2D eigenvalue weighted by Crippen LogP contribution is -2.47. The average molecular weight is 275 g/mol. The summed E-state index contributed by atoms with van der Waals surface area (Å²) in [7, 11) is 0. The van der Waals surface area contributed by atoms with Gasteiger partial charge in [0.1, 0.15) is 6.04 Å². The topological polar surface area (TPSA) is 70.2 Å². The standard InChI is InChI=1S/C15H21N3O2/c1-10(18-11(2)19)15(20)17-9-14-13-6-4-3-5-12(13)7-8-16-14/h3-6,10,14,16H,7-9H2,1-2H3,(H,17,20)(H,18,19). The lowest BCUT2D eigenvalue weighted by molar-refractivity contribution is -0.127. The van der Waals surface area contributed by atoms with Gasteiger partial charge in [0, 0.05) is 19.5 Å². The molecule has 0 saturated heterocycles. The van der Waals surface area contributed by atoms with Crippen molar-refractivity contribution in [2.45, 2.75) is 32.4 Å². The number of rotatable bonds is 4. The zero-order valence-electron chi connectivity index (χ0n) is 11.9. The number of carbonyl (C=O) groups excluding carboxylic acids is 2. The lowest BCUT2D eigenvalue weighted by Gasteiger charge is -2.27. The summed E-state index contributed by atoms with van der Waals surface area (Å²) in [5.41, 5.74) is 2.58. The number of amides is 2. The Kier molecular flexibility index (Phi) is 4.74. The Labute approximate surface area is 119 Å². The summed E-state index contributed by atoms with van der Waals surface area (Å²) in [6.45, 7) is 4.53. The summed E-state index contributed by atoms with van der Waals surface area (Å²) in [6, 6.07) is 7.90. The SMILES string of the molecule is CC(=O)NC(C)C(=O)NCC1NCCc2ccccc21. The number of nitrogens with one attached hydrogen (secondary N) is 3. The minimum absolute atomic E-state index is 0.133. The maximum atomic E-state index is 11.9. The number of hydrogen-bond acceptors (Lipinski definition) is 3. The second-order valence-electron chi connectivity index (χ2n) is 5.12. The number of hydrogen-bond donors (Lipinski definition) is 3. The maximum absolute atomic E-state index is 11.9. The second-order valence-corrected chi connectivity index (χ2v) is 5.12. The average Bonchev–Trinajstić information content (AvgIpc) is 2.44. The van der Waals surface area contributed by atoms with Crippen molar-refractivity contribution < 1.29 is 9.59 Å². The predicted molar refractivity (Wildman–Crippen MR) is 77.2 cm³/mol. The van der Waals surface area contributed by atoms with Crippen molar-refractivity contribution >= 4 is 11.8 Å². The fraction of sp³-hybridized carbons (Fsp3) is 0.467. The highest BCUT2D eigenvalue weighted by Crippen LogP contribution is 2.21. The number of carbonyl (C=O) groups is 2. The largest absolute Gasteiger partial charge is 0.352 e. The summed E-state index contributed by atoms with van der Waals surface area (Å²) in [6.07, 6.45) is 1.02. The summed E-state index contributed by atoms with van der Waals surface area (Å²) in [4.78, 5) is 22.8. The Balaban J connectivity index is 1.92. The van der Waals surface area contributed by atoms with Crippen LogP contribution in [-0.4, -0.2) is 30.9 Å². The molecule has 3 N–H and O–H groups in total. The van der Waals surface area contributed by atoms with Gasteiger partial charge in [-0.15, -0.1) is 0 Å². The van der Waals surface area contributed by atoms with E-state index in [0.717, 1.165) is 13.0 Å². The van der Waals surface area contributed by atoms with E-state index >= 15 is 0 Å². The molecule has 1 aliphatic heterocycles. The fourth-order valence-corrected chi connectivity index (χ4v) is 2.50. The molecule has 1 heterocycles. The van der Waals surface area contributed by atoms with E-state index in [1.165, 1.54) is 18.1 Å². The van der Waals surface area contributed by atoms with Gasteiger partial charge in [-0.3, -0.25) is 9.59 Å². The van der Waals surface area contributed by atoms with Crippen LogP contribution in [0.1, 0.15) is 31.0 Å². The molecule has 108 valence electrons. The van der Waals surface area contributed by atoms with E-state index in [-0.39, 0.29) is 17.9 Å². The Morgan fingerprint density at radius 2 is 2.15 bits per heavy atom.